The van der Waals surface area contributed by atoms with Gasteiger partial charge in [0.05, 0.1) is 25.1 Å². The molecule has 0 amide bonds. The van der Waals surface area contributed by atoms with Gasteiger partial charge in [-0.1, -0.05) is 0 Å². The predicted molar refractivity (Wildman–Crippen MR) is 120 cm³/mol. The number of aliphatic hydroxyl groups excluding tert-OH is 2. The van der Waals surface area contributed by atoms with Gasteiger partial charge in [0, 0.05) is 17.7 Å². The Kier molecular flexibility index (Phi) is 10.1. The van der Waals surface area contributed by atoms with Crippen LogP contribution in [0.2, 0.25) is 0 Å². The summed E-state index contributed by atoms with van der Waals surface area (Å²) >= 11 is 2.73. The van der Waals surface area contributed by atoms with Crippen molar-refractivity contribution in [1.82, 2.24) is 19.1 Å². The molecule has 2 unspecified atom stereocenters. The monoisotopic (exact) mass is 529 g/mol. The zero-order chi connectivity index (χ0) is 23.4. The van der Waals surface area contributed by atoms with Gasteiger partial charge in [-0.25, -0.2) is 18.4 Å². The molecule has 4 atom stereocenters. The van der Waals surface area contributed by atoms with E-state index in [2.05, 4.69) is 9.97 Å². The first-order valence-corrected chi connectivity index (χ1v) is 11.4. The Morgan fingerprint density at radius 1 is 1.00 bits per heavy atom. The molecule has 0 aromatic carbocycles. The van der Waals surface area contributed by atoms with Gasteiger partial charge in [-0.3, -0.25) is 9.13 Å². The Morgan fingerprint density at radius 2 is 1.45 bits per heavy atom. The second-order valence-electron chi connectivity index (χ2n) is 6.60. The summed E-state index contributed by atoms with van der Waals surface area (Å²) in [5.74, 6) is -0.780. The van der Waals surface area contributed by atoms with Crippen LogP contribution in [0.1, 0.15) is 18.1 Å². The van der Waals surface area contributed by atoms with Crippen LogP contribution in [0.3, 0.4) is 0 Å². The van der Waals surface area contributed by atoms with E-state index in [1.54, 1.807) is 0 Å². The maximum absolute atomic E-state index is 13.3. The van der Waals surface area contributed by atoms with E-state index in [-0.39, 0.29) is 36.8 Å². The topological polar surface area (TPSA) is 155 Å². The van der Waals surface area contributed by atoms with E-state index in [1.165, 1.54) is 30.4 Å². The molecule has 0 radical (unpaired) electrons. The van der Waals surface area contributed by atoms with Gasteiger partial charge in [0.15, 0.2) is 17.5 Å². The molecule has 0 spiro atoms. The van der Waals surface area contributed by atoms with E-state index in [0.717, 1.165) is 21.5 Å². The van der Waals surface area contributed by atoms with Gasteiger partial charge in [0.2, 0.25) is 0 Å². The zero-order valence-corrected chi connectivity index (χ0v) is 19.6. The van der Waals surface area contributed by atoms with E-state index >= 15 is 0 Å². The molecule has 2 aliphatic heterocycles. The summed E-state index contributed by atoms with van der Waals surface area (Å²) < 4.78 is 39.2. The van der Waals surface area contributed by atoms with Crippen LogP contribution in [-0.4, -0.2) is 64.9 Å². The van der Waals surface area contributed by atoms with Gasteiger partial charge in [0.25, 0.3) is 0 Å². The summed E-state index contributed by atoms with van der Waals surface area (Å²) in [4.78, 5) is 29.8. The fourth-order valence-electron chi connectivity index (χ4n) is 2.77. The molecule has 4 heterocycles. The minimum Gasteiger partial charge on any atom is -0.393 e. The molecular weight excluding hydrogens is 508 g/mol. The molecule has 2 aromatic rings. The summed E-state index contributed by atoms with van der Waals surface area (Å²) in [6.07, 6.45) is 0.889. The lowest BCUT2D eigenvalue weighted by Crippen LogP contribution is -2.29. The van der Waals surface area contributed by atoms with E-state index in [9.17, 15) is 18.4 Å². The van der Waals surface area contributed by atoms with Crippen molar-refractivity contribution in [2.24, 2.45) is 0 Å². The number of aliphatic hydroxyl groups is 2. The molecule has 2 saturated heterocycles. The minimum atomic E-state index is -0.763. The first kappa shape index (κ1) is 27.5. The average Bonchev–Trinajstić information content (AvgIpc) is 3.43. The number of aryl methyl sites for hydroxylation is 1. The van der Waals surface area contributed by atoms with Gasteiger partial charge < -0.3 is 25.4 Å². The van der Waals surface area contributed by atoms with Crippen LogP contribution in [0, 0.1) is 18.6 Å². The van der Waals surface area contributed by atoms with Gasteiger partial charge in [-0.05, 0) is 6.92 Å². The Balaban J connectivity index is 0.000000227. The lowest BCUT2D eigenvalue weighted by atomic mass is 10.4. The number of halogens is 3. The third-order valence-corrected chi connectivity index (χ3v) is 6.62. The predicted octanol–water partition coefficient (Wildman–Crippen LogP) is 0.238. The first-order chi connectivity index (χ1) is 15.2. The molecule has 2 fully saturated rings. The second kappa shape index (κ2) is 12.1. The third kappa shape index (κ3) is 6.65. The standard InChI is InChI=1S/C9H11FN2O3S.C8H10FN3O3S.ClH/c1-5-6(10)2-12(9(14)11-5)7-4-16-8(3-13)15-7;9-4-1-12(8(14)11-7(4)10)5-3-16-6(2-13)15-5;/h2,7-8,13H,3-4H2,1H3;1,5-6,13H,2-3H2,(H2,10,11,14);1H/t7?,8-;5?,6-;/m11./s1. The maximum Gasteiger partial charge on any atom is 0.351 e. The zero-order valence-electron chi connectivity index (χ0n) is 17.2. The van der Waals surface area contributed by atoms with Gasteiger partial charge in [-0.15, -0.1) is 35.9 Å². The SMILES string of the molecule is Cc1nc(=O)n(C2CS[C@H](CO)O2)cc1F.Cl.Nc1nc(=O)n(C2CS[C@H](CO)O2)cc1F. The van der Waals surface area contributed by atoms with Crippen LogP contribution >= 0.6 is 35.9 Å². The van der Waals surface area contributed by atoms with Gasteiger partial charge in [-0.2, -0.15) is 9.97 Å². The first-order valence-electron chi connectivity index (χ1n) is 9.28. The quantitative estimate of drug-likeness (QED) is 0.498. The van der Waals surface area contributed by atoms with E-state index in [1.807, 2.05) is 0 Å². The molecule has 0 saturated carbocycles. The van der Waals surface area contributed by atoms with Crippen molar-refractivity contribution in [1.29, 1.82) is 0 Å². The fourth-order valence-corrected chi connectivity index (χ4v) is 4.63. The van der Waals surface area contributed by atoms with E-state index in [4.69, 9.17) is 25.4 Å². The molecule has 2 aliphatic rings. The average molecular weight is 530 g/mol. The Bertz CT molecular complexity index is 994. The summed E-state index contributed by atoms with van der Waals surface area (Å²) in [6.45, 7) is 1.15. The van der Waals surface area contributed by atoms with Crippen molar-refractivity contribution >= 4 is 41.7 Å². The van der Waals surface area contributed by atoms with Gasteiger partial charge in [0.1, 0.15) is 23.3 Å². The number of nitrogens with two attached hydrogens (primary N) is 1. The second-order valence-corrected chi connectivity index (χ2v) is 8.99. The summed E-state index contributed by atoms with van der Waals surface area (Å²) in [7, 11) is 0. The minimum absolute atomic E-state index is 0. The van der Waals surface area contributed by atoms with Crippen LogP contribution < -0.4 is 17.1 Å². The maximum atomic E-state index is 13.3. The largest absolute Gasteiger partial charge is 0.393 e. The number of anilines is 1. The lowest BCUT2D eigenvalue weighted by molar-refractivity contribution is -0.00691. The normalized spacial score (nSPS) is 24.2. The van der Waals surface area contributed by atoms with Crippen LogP contribution in [0.25, 0.3) is 0 Å². The van der Waals surface area contributed by atoms with Crippen LogP contribution in [0.4, 0.5) is 14.6 Å². The molecule has 0 bridgehead atoms. The van der Waals surface area contributed by atoms with Crippen molar-refractivity contribution in [2.75, 3.05) is 30.5 Å². The van der Waals surface area contributed by atoms with E-state index in [0.29, 0.717) is 11.5 Å². The highest BCUT2D eigenvalue weighted by Crippen LogP contribution is 2.31. The highest BCUT2D eigenvalue weighted by atomic mass is 35.5. The summed E-state index contributed by atoms with van der Waals surface area (Å²) in [6, 6.07) is 0. The Hall–Kier alpha value is -1.75. The number of thioether (sulfide) groups is 2. The molecule has 184 valence electrons. The number of hydrogen-bond donors (Lipinski definition) is 3. The molecule has 4 rings (SSSR count). The third-order valence-electron chi connectivity index (χ3n) is 4.40. The summed E-state index contributed by atoms with van der Waals surface area (Å²) in [5, 5.41) is 17.7. The lowest BCUT2D eigenvalue weighted by Gasteiger charge is -2.13. The molecular formula is C17H22ClF2N5O6S2. The number of aromatic nitrogens is 4. The molecule has 0 aliphatic carbocycles. The van der Waals surface area contributed by atoms with Crippen LogP contribution in [-0.2, 0) is 9.47 Å². The van der Waals surface area contributed by atoms with Crippen molar-refractivity contribution in [3.63, 3.8) is 0 Å². The highest BCUT2D eigenvalue weighted by molar-refractivity contribution is 8.00. The molecule has 4 N–H and O–H groups in total. The summed E-state index contributed by atoms with van der Waals surface area (Å²) in [5.41, 5.74) is 3.28. The van der Waals surface area contributed by atoms with Gasteiger partial charge >= 0.3 is 11.4 Å². The number of nitrogen functional groups attached to an aromatic ring is 1. The molecule has 33 heavy (non-hydrogen) atoms. The molecule has 2 aromatic heterocycles. The van der Waals surface area contributed by atoms with Crippen LogP contribution in [0.5, 0.6) is 0 Å². The number of rotatable bonds is 4. The van der Waals surface area contributed by atoms with Crippen molar-refractivity contribution in [2.45, 2.75) is 30.3 Å². The Morgan fingerprint density at radius 3 is 1.91 bits per heavy atom. The van der Waals surface area contributed by atoms with Crippen LogP contribution in [0.15, 0.2) is 22.0 Å². The fraction of sp³-hybridized carbons (Fsp3) is 0.529. The highest BCUT2D eigenvalue weighted by Gasteiger charge is 2.29. The van der Waals surface area contributed by atoms with E-state index < -0.39 is 46.7 Å². The Labute approximate surface area is 200 Å². The smallest absolute Gasteiger partial charge is 0.351 e. The molecule has 16 heteroatoms. The number of ether oxygens (including phenoxy) is 2. The number of nitrogens with zero attached hydrogens (tertiary/aromatic N) is 4. The van der Waals surface area contributed by atoms with Crippen molar-refractivity contribution < 1.29 is 28.5 Å². The van der Waals surface area contributed by atoms with Crippen molar-refractivity contribution in [3.05, 3.63) is 50.7 Å². The molecule has 11 nitrogen and oxygen atoms in total. The number of hydrogen-bond acceptors (Lipinski definition) is 11. The van der Waals surface area contributed by atoms with Crippen molar-refractivity contribution in [3.8, 4) is 0 Å².